The molecule has 0 aliphatic rings. The van der Waals surface area contributed by atoms with Crippen molar-refractivity contribution in [2.45, 2.75) is 26.3 Å². The minimum Gasteiger partial charge on any atom is -0.357 e. The van der Waals surface area contributed by atoms with Gasteiger partial charge in [0.2, 0.25) is 5.91 Å². The first kappa shape index (κ1) is 14.1. The highest BCUT2D eigenvalue weighted by Gasteiger charge is 2.13. The van der Waals surface area contributed by atoms with Gasteiger partial charge in [0.25, 0.3) is 0 Å². The fraction of sp³-hybridized carbons (Fsp3) is 0.333. The molecule has 0 aliphatic carbocycles. The van der Waals surface area contributed by atoms with Crippen LogP contribution in [0.4, 0.5) is 11.5 Å². The number of carbonyl (C=O) groups is 1. The molecule has 0 saturated heterocycles. The second-order valence-corrected chi connectivity index (χ2v) is 4.78. The van der Waals surface area contributed by atoms with Crippen molar-refractivity contribution in [2.75, 3.05) is 10.6 Å². The molecular weight excluding hydrogens is 252 g/mol. The summed E-state index contributed by atoms with van der Waals surface area (Å²) in [5.41, 5.74) is 2.06. The molecule has 0 fully saturated rings. The van der Waals surface area contributed by atoms with Crippen LogP contribution in [0.5, 0.6) is 0 Å². The molecule has 1 amide bonds. The minimum absolute atomic E-state index is 0.0834. The van der Waals surface area contributed by atoms with E-state index in [2.05, 4.69) is 22.7 Å². The van der Waals surface area contributed by atoms with Gasteiger partial charge in [-0.15, -0.1) is 0 Å². The molecule has 0 radical (unpaired) electrons. The van der Waals surface area contributed by atoms with E-state index < -0.39 is 0 Å². The van der Waals surface area contributed by atoms with Gasteiger partial charge < -0.3 is 10.6 Å². The van der Waals surface area contributed by atoms with Crippen LogP contribution >= 0.6 is 0 Å². The molecule has 1 aromatic carbocycles. The van der Waals surface area contributed by atoms with Gasteiger partial charge in [-0.3, -0.25) is 9.48 Å². The number of benzene rings is 1. The molecule has 2 N–H and O–H groups in total. The second kappa shape index (κ2) is 6.23. The maximum absolute atomic E-state index is 12.1. The number of amides is 1. The molecule has 5 nitrogen and oxygen atoms in total. The van der Waals surface area contributed by atoms with E-state index in [1.54, 1.807) is 4.68 Å². The Labute approximate surface area is 119 Å². The third-order valence-electron chi connectivity index (χ3n) is 3.10. The van der Waals surface area contributed by atoms with Crippen LogP contribution in [0, 0.1) is 0 Å². The van der Waals surface area contributed by atoms with Gasteiger partial charge in [-0.25, -0.2) is 0 Å². The zero-order valence-corrected chi connectivity index (χ0v) is 12.1. The first-order valence-corrected chi connectivity index (χ1v) is 6.74. The van der Waals surface area contributed by atoms with E-state index in [0.29, 0.717) is 5.82 Å². The Morgan fingerprint density at radius 1 is 1.30 bits per heavy atom. The van der Waals surface area contributed by atoms with Crippen LogP contribution in [0.25, 0.3) is 0 Å². The minimum atomic E-state index is -0.351. The van der Waals surface area contributed by atoms with Crippen molar-refractivity contribution in [2.24, 2.45) is 7.05 Å². The van der Waals surface area contributed by atoms with Crippen LogP contribution in [0.15, 0.2) is 36.5 Å². The summed E-state index contributed by atoms with van der Waals surface area (Å²) in [6.45, 7) is 3.91. The lowest BCUT2D eigenvalue weighted by Gasteiger charge is -2.13. The third-order valence-corrected chi connectivity index (χ3v) is 3.10. The van der Waals surface area contributed by atoms with Crippen LogP contribution in [-0.4, -0.2) is 21.7 Å². The lowest BCUT2D eigenvalue weighted by atomic mass is 10.1. The first-order valence-electron chi connectivity index (χ1n) is 6.74. The number of nitrogens with zero attached hydrogens (tertiary/aromatic N) is 2. The number of aromatic nitrogens is 2. The topological polar surface area (TPSA) is 59.0 Å². The van der Waals surface area contributed by atoms with E-state index in [4.69, 9.17) is 0 Å². The zero-order valence-electron chi connectivity index (χ0n) is 12.1. The molecule has 2 rings (SSSR count). The SMILES string of the molecule is CCc1ccc(NC(=O)C(C)Nc2ccn(C)n2)cc1. The van der Waals surface area contributed by atoms with Crippen LogP contribution in [0.1, 0.15) is 19.4 Å². The molecule has 1 unspecified atom stereocenters. The Balaban J connectivity index is 1.93. The van der Waals surface area contributed by atoms with E-state index in [1.807, 2.05) is 50.5 Å². The Bertz CT molecular complexity index is 574. The fourth-order valence-corrected chi connectivity index (χ4v) is 1.85. The standard InChI is InChI=1S/C15H20N4O/c1-4-12-5-7-13(8-6-12)17-15(20)11(2)16-14-9-10-19(3)18-14/h5-11H,4H2,1-3H3,(H,16,18)(H,17,20). The lowest BCUT2D eigenvalue weighted by Crippen LogP contribution is -2.32. The Kier molecular flexibility index (Phi) is 4.40. The van der Waals surface area contributed by atoms with E-state index >= 15 is 0 Å². The summed E-state index contributed by atoms with van der Waals surface area (Å²) in [6.07, 6.45) is 2.82. The smallest absolute Gasteiger partial charge is 0.246 e. The summed E-state index contributed by atoms with van der Waals surface area (Å²) in [5.74, 6) is 0.608. The van der Waals surface area contributed by atoms with Crippen molar-refractivity contribution in [3.8, 4) is 0 Å². The van der Waals surface area contributed by atoms with Crippen molar-refractivity contribution >= 4 is 17.4 Å². The molecule has 1 atom stereocenters. The predicted octanol–water partition coefficient (Wildman–Crippen LogP) is 2.42. The van der Waals surface area contributed by atoms with E-state index in [9.17, 15) is 4.79 Å². The average molecular weight is 272 g/mol. The zero-order chi connectivity index (χ0) is 14.5. The Hall–Kier alpha value is -2.30. The van der Waals surface area contributed by atoms with Crippen LogP contribution in [0.2, 0.25) is 0 Å². The molecule has 0 bridgehead atoms. The van der Waals surface area contributed by atoms with Gasteiger partial charge in [-0.2, -0.15) is 5.10 Å². The summed E-state index contributed by atoms with van der Waals surface area (Å²) >= 11 is 0. The molecule has 1 heterocycles. The molecule has 0 spiro atoms. The molecule has 0 saturated carbocycles. The summed E-state index contributed by atoms with van der Waals surface area (Å²) in [7, 11) is 1.84. The van der Waals surface area contributed by atoms with Crippen molar-refractivity contribution in [1.29, 1.82) is 0 Å². The van der Waals surface area contributed by atoms with Gasteiger partial charge in [0.15, 0.2) is 0 Å². The summed E-state index contributed by atoms with van der Waals surface area (Å²) < 4.78 is 1.69. The molecule has 2 aromatic rings. The Morgan fingerprint density at radius 3 is 2.55 bits per heavy atom. The number of rotatable bonds is 5. The first-order chi connectivity index (χ1) is 9.58. The van der Waals surface area contributed by atoms with Gasteiger partial charge in [0, 0.05) is 25.0 Å². The largest absolute Gasteiger partial charge is 0.357 e. The van der Waals surface area contributed by atoms with Crippen LogP contribution in [0.3, 0.4) is 0 Å². The molecule has 106 valence electrons. The molecule has 5 heteroatoms. The van der Waals surface area contributed by atoms with E-state index in [0.717, 1.165) is 12.1 Å². The second-order valence-electron chi connectivity index (χ2n) is 4.78. The number of carbonyl (C=O) groups excluding carboxylic acids is 1. The van der Waals surface area contributed by atoms with Crippen molar-refractivity contribution in [3.63, 3.8) is 0 Å². The quantitative estimate of drug-likeness (QED) is 0.879. The molecule has 1 aromatic heterocycles. The molecular formula is C15H20N4O. The van der Waals surface area contributed by atoms with E-state index in [-0.39, 0.29) is 11.9 Å². The van der Waals surface area contributed by atoms with Crippen molar-refractivity contribution < 1.29 is 4.79 Å². The summed E-state index contributed by atoms with van der Waals surface area (Å²) in [6, 6.07) is 9.36. The van der Waals surface area contributed by atoms with Crippen molar-refractivity contribution in [1.82, 2.24) is 9.78 Å². The monoisotopic (exact) mass is 272 g/mol. The van der Waals surface area contributed by atoms with Gasteiger partial charge in [0.05, 0.1) is 0 Å². The predicted molar refractivity (Wildman–Crippen MR) is 80.7 cm³/mol. The highest BCUT2D eigenvalue weighted by atomic mass is 16.2. The summed E-state index contributed by atoms with van der Waals surface area (Å²) in [4.78, 5) is 12.1. The van der Waals surface area contributed by atoms with Crippen LogP contribution < -0.4 is 10.6 Å². The normalized spacial score (nSPS) is 11.9. The molecule has 0 aliphatic heterocycles. The van der Waals surface area contributed by atoms with Crippen LogP contribution in [-0.2, 0) is 18.3 Å². The maximum atomic E-state index is 12.1. The molecule has 20 heavy (non-hydrogen) atoms. The number of hydrogen-bond donors (Lipinski definition) is 2. The summed E-state index contributed by atoms with van der Waals surface area (Å²) in [5, 5.41) is 10.1. The fourth-order valence-electron chi connectivity index (χ4n) is 1.85. The average Bonchev–Trinajstić information content (AvgIpc) is 2.85. The Morgan fingerprint density at radius 2 is 2.00 bits per heavy atom. The maximum Gasteiger partial charge on any atom is 0.246 e. The van der Waals surface area contributed by atoms with E-state index in [1.165, 1.54) is 5.56 Å². The number of hydrogen-bond acceptors (Lipinski definition) is 3. The number of anilines is 2. The van der Waals surface area contributed by atoms with Crippen molar-refractivity contribution in [3.05, 3.63) is 42.1 Å². The number of nitrogens with one attached hydrogen (secondary N) is 2. The van der Waals surface area contributed by atoms with Gasteiger partial charge in [-0.05, 0) is 31.0 Å². The lowest BCUT2D eigenvalue weighted by molar-refractivity contribution is -0.116. The van der Waals surface area contributed by atoms with Gasteiger partial charge >= 0.3 is 0 Å². The number of aryl methyl sites for hydroxylation is 2. The van der Waals surface area contributed by atoms with Gasteiger partial charge in [-0.1, -0.05) is 19.1 Å². The third kappa shape index (κ3) is 3.60. The highest BCUT2D eigenvalue weighted by molar-refractivity contribution is 5.96. The van der Waals surface area contributed by atoms with Gasteiger partial charge in [0.1, 0.15) is 11.9 Å². The highest BCUT2D eigenvalue weighted by Crippen LogP contribution is 2.11.